The predicted octanol–water partition coefficient (Wildman–Crippen LogP) is 2.20. The lowest BCUT2D eigenvalue weighted by Gasteiger charge is -2.16. The average molecular weight is 285 g/mol. The maximum Gasteiger partial charge on any atom is 0.306 e. The largest absolute Gasteiger partial charge is 0.481 e. The van der Waals surface area contributed by atoms with Gasteiger partial charge in [0.2, 0.25) is 5.91 Å². The minimum atomic E-state index is -0.757. The van der Waals surface area contributed by atoms with Crippen LogP contribution in [0.25, 0.3) is 0 Å². The van der Waals surface area contributed by atoms with Gasteiger partial charge in [0.15, 0.2) is 0 Å². The Hall–Kier alpha value is -1.10. The molecule has 3 atom stereocenters. The second kappa shape index (κ2) is 8.25. The summed E-state index contributed by atoms with van der Waals surface area (Å²) in [4.78, 5) is 22.6. The molecular formula is C15H27NO4. The van der Waals surface area contributed by atoms with Crippen molar-refractivity contribution in [3.8, 4) is 0 Å². The molecule has 0 aliphatic heterocycles. The van der Waals surface area contributed by atoms with Crippen LogP contribution in [-0.2, 0) is 14.3 Å². The molecule has 5 heteroatoms. The van der Waals surface area contributed by atoms with Crippen molar-refractivity contribution < 1.29 is 19.4 Å². The monoisotopic (exact) mass is 285 g/mol. The van der Waals surface area contributed by atoms with Crippen LogP contribution in [0.3, 0.4) is 0 Å². The van der Waals surface area contributed by atoms with Crippen molar-refractivity contribution in [2.45, 2.75) is 65.0 Å². The van der Waals surface area contributed by atoms with Gasteiger partial charge in [-0.3, -0.25) is 9.59 Å². The Labute approximate surface area is 121 Å². The zero-order valence-corrected chi connectivity index (χ0v) is 12.7. The van der Waals surface area contributed by atoms with Crippen LogP contribution in [0.4, 0.5) is 0 Å². The van der Waals surface area contributed by atoms with Crippen molar-refractivity contribution in [2.75, 3.05) is 6.61 Å². The molecule has 1 unspecified atom stereocenters. The number of aliphatic carboxylic acids is 1. The molecule has 5 nitrogen and oxygen atoms in total. The summed E-state index contributed by atoms with van der Waals surface area (Å²) in [5, 5.41) is 11.8. The van der Waals surface area contributed by atoms with Crippen LogP contribution in [0.1, 0.15) is 52.9 Å². The van der Waals surface area contributed by atoms with Crippen LogP contribution in [0.2, 0.25) is 0 Å². The Morgan fingerprint density at radius 2 is 2.00 bits per heavy atom. The predicted molar refractivity (Wildman–Crippen MR) is 76.4 cm³/mol. The maximum atomic E-state index is 11.7. The van der Waals surface area contributed by atoms with E-state index < -0.39 is 5.97 Å². The lowest BCUT2D eigenvalue weighted by Crippen LogP contribution is -2.34. The minimum absolute atomic E-state index is 0.0108. The molecule has 1 fully saturated rings. The van der Waals surface area contributed by atoms with Gasteiger partial charge in [0.1, 0.15) is 0 Å². The van der Waals surface area contributed by atoms with E-state index in [4.69, 9.17) is 9.84 Å². The summed E-state index contributed by atoms with van der Waals surface area (Å²) in [5.74, 6) is -0.516. The quantitative estimate of drug-likeness (QED) is 0.717. The van der Waals surface area contributed by atoms with Gasteiger partial charge >= 0.3 is 5.97 Å². The van der Waals surface area contributed by atoms with E-state index in [1.165, 1.54) is 0 Å². The summed E-state index contributed by atoms with van der Waals surface area (Å²) in [5.41, 5.74) is 0. The van der Waals surface area contributed by atoms with Gasteiger partial charge in [0, 0.05) is 12.5 Å². The molecule has 116 valence electrons. The number of rotatable bonds is 8. The topological polar surface area (TPSA) is 75.6 Å². The molecule has 2 N–H and O–H groups in total. The summed E-state index contributed by atoms with van der Waals surface area (Å²) in [6.45, 7) is 6.73. The smallest absolute Gasteiger partial charge is 0.306 e. The zero-order chi connectivity index (χ0) is 15.1. The molecule has 1 rings (SSSR count). The highest BCUT2D eigenvalue weighted by Gasteiger charge is 2.30. The van der Waals surface area contributed by atoms with Gasteiger partial charge < -0.3 is 15.2 Å². The SMILES string of the molecule is CC(C)CC(C)OCCC(=O)N[C@@H]1CC[C@H](C(=O)O)C1. The molecule has 0 heterocycles. The van der Waals surface area contributed by atoms with E-state index in [-0.39, 0.29) is 24.0 Å². The van der Waals surface area contributed by atoms with E-state index in [0.717, 1.165) is 12.8 Å². The molecule has 0 aromatic heterocycles. The molecule has 0 spiro atoms. The van der Waals surface area contributed by atoms with E-state index >= 15 is 0 Å². The first kappa shape index (κ1) is 17.0. The van der Waals surface area contributed by atoms with Gasteiger partial charge in [-0.2, -0.15) is 0 Å². The van der Waals surface area contributed by atoms with Crippen LogP contribution in [0.5, 0.6) is 0 Å². The first-order valence-electron chi connectivity index (χ1n) is 7.52. The normalized spacial score (nSPS) is 23.8. The molecule has 0 bridgehead atoms. The van der Waals surface area contributed by atoms with Crippen molar-refractivity contribution in [1.82, 2.24) is 5.32 Å². The third kappa shape index (κ3) is 6.37. The summed E-state index contributed by atoms with van der Waals surface area (Å²) < 4.78 is 5.59. The lowest BCUT2D eigenvalue weighted by molar-refractivity contribution is -0.141. The van der Waals surface area contributed by atoms with Gasteiger partial charge in [0.25, 0.3) is 0 Å². The fourth-order valence-corrected chi connectivity index (χ4v) is 2.72. The van der Waals surface area contributed by atoms with Crippen molar-refractivity contribution in [3.05, 3.63) is 0 Å². The number of carbonyl (C=O) groups is 2. The second-order valence-electron chi connectivity index (χ2n) is 6.17. The Morgan fingerprint density at radius 1 is 1.30 bits per heavy atom. The van der Waals surface area contributed by atoms with Crippen molar-refractivity contribution in [1.29, 1.82) is 0 Å². The molecule has 0 radical (unpaired) electrons. The highest BCUT2D eigenvalue weighted by atomic mass is 16.5. The number of hydrogen-bond donors (Lipinski definition) is 2. The minimum Gasteiger partial charge on any atom is -0.481 e. The van der Waals surface area contributed by atoms with Crippen molar-refractivity contribution in [2.24, 2.45) is 11.8 Å². The number of carbonyl (C=O) groups excluding carboxylic acids is 1. The van der Waals surface area contributed by atoms with E-state index in [9.17, 15) is 9.59 Å². The van der Waals surface area contributed by atoms with Crippen LogP contribution in [0, 0.1) is 11.8 Å². The second-order valence-corrected chi connectivity index (χ2v) is 6.17. The number of nitrogens with one attached hydrogen (secondary N) is 1. The molecule has 1 aliphatic rings. The fourth-order valence-electron chi connectivity index (χ4n) is 2.72. The number of carboxylic acids is 1. The maximum absolute atomic E-state index is 11.7. The van der Waals surface area contributed by atoms with Crippen LogP contribution in [-0.4, -0.2) is 35.7 Å². The Balaban J connectivity index is 2.13. The number of hydrogen-bond acceptors (Lipinski definition) is 3. The van der Waals surface area contributed by atoms with Crippen molar-refractivity contribution in [3.63, 3.8) is 0 Å². The standard InChI is InChI=1S/C15H27NO4/c1-10(2)8-11(3)20-7-6-14(17)16-13-5-4-12(9-13)15(18)19/h10-13H,4-9H2,1-3H3,(H,16,17)(H,18,19)/t11?,12-,13+/m0/s1. The number of carboxylic acid groups (broad SMARTS) is 1. The Kier molecular flexibility index (Phi) is 6.99. The van der Waals surface area contributed by atoms with Crippen LogP contribution in [0.15, 0.2) is 0 Å². The average Bonchev–Trinajstić information content (AvgIpc) is 2.76. The van der Waals surface area contributed by atoms with E-state index in [2.05, 4.69) is 19.2 Å². The van der Waals surface area contributed by atoms with E-state index in [1.807, 2.05) is 6.92 Å². The summed E-state index contributed by atoms with van der Waals surface area (Å²) in [7, 11) is 0. The zero-order valence-electron chi connectivity index (χ0n) is 12.7. The molecule has 0 aromatic rings. The molecule has 1 aliphatic carbocycles. The first-order valence-corrected chi connectivity index (χ1v) is 7.52. The van der Waals surface area contributed by atoms with Gasteiger partial charge in [0.05, 0.1) is 18.6 Å². The molecule has 0 saturated heterocycles. The third-order valence-corrected chi connectivity index (χ3v) is 3.68. The number of amides is 1. The summed E-state index contributed by atoms with van der Waals surface area (Å²) >= 11 is 0. The summed E-state index contributed by atoms with van der Waals surface area (Å²) in [6, 6.07) is 0.0108. The fraction of sp³-hybridized carbons (Fsp3) is 0.867. The van der Waals surface area contributed by atoms with Gasteiger partial charge in [-0.05, 0) is 38.5 Å². The van der Waals surface area contributed by atoms with E-state index in [0.29, 0.717) is 31.8 Å². The molecule has 20 heavy (non-hydrogen) atoms. The first-order chi connectivity index (χ1) is 9.38. The molecule has 1 saturated carbocycles. The molecule has 0 aromatic carbocycles. The van der Waals surface area contributed by atoms with Crippen LogP contribution >= 0.6 is 0 Å². The van der Waals surface area contributed by atoms with Crippen molar-refractivity contribution >= 4 is 11.9 Å². The number of ether oxygens (including phenoxy) is 1. The summed E-state index contributed by atoms with van der Waals surface area (Å²) in [6.07, 6.45) is 3.47. The Bertz CT molecular complexity index is 330. The molecular weight excluding hydrogens is 258 g/mol. The molecule has 1 amide bonds. The lowest BCUT2D eigenvalue weighted by atomic mass is 10.1. The Morgan fingerprint density at radius 3 is 2.55 bits per heavy atom. The highest BCUT2D eigenvalue weighted by molar-refractivity contribution is 5.76. The van der Waals surface area contributed by atoms with Gasteiger partial charge in [-0.25, -0.2) is 0 Å². The van der Waals surface area contributed by atoms with Crippen LogP contribution < -0.4 is 5.32 Å². The van der Waals surface area contributed by atoms with E-state index in [1.54, 1.807) is 0 Å². The van der Waals surface area contributed by atoms with Gasteiger partial charge in [-0.1, -0.05) is 13.8 Å². The third-order valence-electron chi connectivity index (χ3n) is 3.68. The van der Waals surface area contributed by atoms with Gasteiger partial charge in [-0.15, -0.1) is 0 Å². The highest BCUT2D eigenvalue weighted by Crippen LogP contribution is 2.25.